The summed E-state index contributed by atoms with van der Waals surface area (Å²) in [7, 11) is 0. The van der Waals surface area contributed by atoms with E-state index in [2.05, 4.69) is 55.3 Å². The number of hydrogen-bond donors (Lipinski definition) is 1. The first-order valence-electron chi connectivity index (χ1n) is 7.26. The van der Waals surface area contributed by atoms with Crippen molar-refractivity contribution in [2.75, 3.05) is 13.1 Å². The average molecular weight is 246 g/mol. The van der Waals surface area contributed by atoms with Gasteiger partial charge in [0.1, 0.15) is 0 Å². The van der Waals surface area contributed by atoms with Gasteiger partial charge >= 0.3 is 0 Å². The summed E-state index contributed by atoms with van der Waals surface area (Å²) < 4.78 is 0. The van der Waals surface area contributed by atoms with Crippen LogP contribution in [0.1, 0.15) is 37.8 Å². The second-order valence-corrected chi connectivity index (χ2v) is 5.43. The van der Waals surface area contributed by atoms with Gasteiger partial charge in [-0.2, -0.15) is 0 Å². The van der Waals surface area contributed by atoms with Gasteiger partial charge in [-0.1, -0.05) is 38.1 Å². The summed E-state index contributed by atoms with van der Waals surface area (Å²) in [5.41, 5.74) is 2.90. The van der Waals surface area contributed by atoms with Crippen LogP contribution < -0.4 is 5.32 Å². The molecule has 0 bridgehead atoms. The predicted octanol–water partition coefficient (Wildman–Crippen LogP) is 2.96. The van der Waals surface area contributed by atoms with Crippen molar-refractivity contribution in [3.8, 4) is 0 Å². The first-order valence-corrected chi connectivity index (χ1v) is 7.26. The minimum absolute atomic E-state index is 0.664. The van der Waals surface area contributed by atoms with Crippen LogP contribution in [0, 0.1) is 6.92 Å². The fourth-order valence-corrected chi connectivity index (χ4v) is 2.80. The summed E-state index contributed by atoms with van der Waals surface area (Å²) >= 11 is 0. The SMILES string of the molecule is CCC1CN(Cc2ccccc2C)C(CC)CN1. The molecule has 0 aromatic heterocycles. The first-order chi connectivity index (χ1) is 8.74. The summed E-state index contributed by atoms with van der Waals surface area (Å²) in [5, 5.41) is 3.66. The summed E-state index contributed by atoms with van der Waals surface area (Å²) in [6, 6.07) is 10.1. The van der Waals surface area contributed by atoms with Gasteiger partial charge in [0.05, 0.1) is 0 Å². The van der Waals surface area contributed by atoms with Crippen molar-refractivity contribution in [2.45, 2.75) is 52.2 Å². The fourth-order valence-electron chi connectivity index (χ4n) is 2.80. The van der Waals surface area contributed by atoms with E-state index < -0.39 is 0 Å². The highest BCUT2D eigenvalue weighted by molar-refractivity contribution is 5.25. The normalized spacial score (nSPS) is 25.3. The number of nitrogens with zero attached hydrogens (tertiary/aromatic N) is 1. The smallest absolute Gasteiger partial charge is 0.0240 e. The molecule has 1 aromatic rings. The molecule has 2 rings (SSSR count). The van der Waals surface area contributed by atoms with E-state index in [0.717, 1.165) is 13.1 Å². The molecule has 2 heteroatoms. The number of nitrogens with one attached hydrogen (secondary N) is 1. The third-order valence-corrected chi connectivity index (χ3v) is 4.21. The Bertz CT molecular complexity index is 375. The van der Waals surface area contributed by atoms with Crippen LogP contribution in [0.15, 0.2) is 24.3 Å². The standard InChI is InChI=1S/C16H26N2/c1-4-15-12-18(16(5-2)10-17-15)11-14-9-7-6-8-13(14)3/h6-9,15-17H,4-5,10-12H2,1-3H3. The predicted molar refractivity (Wildman–Crippen MR) is 77.7 cm³/mol. The van der Waals surface area contributed by atoms with Crippen LogP contribution in [0.25, 0.3) is 0 Å². The number of benzene rings is 1. The maximum atomic E-state index is 3.66. The molecule has 1 fully saturated rings. The van der Waals surface area contributed by atoms with Crippen LogP contribution in [-0.4, -0.2) is 30.1 Å². The molecule has 2 nitrogen and oxygen atoms in total. The van der Waals surface area contributed by atoms with Gasteiger partial charge in [-0.05, 0) is 30.9 Å². The molecule has 2 unspecified atom stereocenters. The summed E-state index contributed by atoms with van der Waals surface area (Å²) in [4.78, 5) is 2.66. The van der Waals surface area contributed by atoms with Crippen molar-refractivity contribution < 1.29 is 0 Å². The molecule has 0 amide bonds. The lowest BCUT2D eigenvalue weighted by Crippen LogP contribution is -2.55. The zero-order valence-electron chi connectivity index (χ0n) is 11.9. The van der Waals surface area contributed by atoms with E-state index in [9.17, 15) is 0 Å². The van der Waals surface area contributed by atoms with Crippen LogP contribution in [0.5, 0.6) is 0 Å². The zero-order chi connectivity index (χ0) is 13.0. The molecule has 0 saturated carbocycles. The van der Waals surface area contributed by atoms with Gasteiger partial charge in [0.15, 0.2) is 0 Å². The number of hydrogen-bond acceptors (Lipinski definition) is 2. The van der Waals surface area contributed by atoms with Crippen molar-refractivity contribution in [1.29, 1.82) is 0 Å². The molecule has 1 aliphatic heterocycles. The summed E-state index contributed by atoms with van der Waals surface area (Å²) in [6.45, 7) is 10.2. The van der Waals surface area contributed by atoms with Gasteiger partial charge in [-0.15, -0.1) is 0 Å². The Morgan fingerprint density at radius 2 is 2.00 bits per heavy atom. The van der Waals surface area contributed by atoms with E-state index in [1.54, 1.807) is 0 Å². The Morgan fingerprint density at radius 3 is 2.67 bits per heavy atom. The highest BCUT2D eigenvalue weighted by Crippen LogP contribution is 2.17. The molecular formula is C16H26N2. The van der Waals surface area contributed by atoms with E-state index in [1.165, 1.54) is 30.5 Å². The minimum atomic E-state index is 0.664. The van der Waals surface area contributed by atoms with Crippen molar-refractivity contribution in [1.82, 2.24) is 10.2 Å². The van der Waals surface area contributed by atoms with Gasteiger partial charge in [-0.25, -0.2) is 0 Å². The van der Waals surface area contributed by atoms with Crippen molar-refractivity contribution in [3.05, 3.63) is 35.4 Å². The summed E-state index contributed by atoms with van der Waals surface area (Å²) in [5.74, 6) is 0. The first kappa shape index (κ1) is 13.6. The van der Waals surface area contributed by atoms with Crippen LogP contribution in [-0.2, 0) is 6.54 Å². The van der Waals surface area contributed by atoms with Crippen molar-refractivity contribution >= 4 is 0 Å². The van der Waals surface area contributed by atoms with Crippen LogP contribution in [0.3, 0.4) is 0 Å². The van der Waals surface area contributed by atoms with Gasteiger partial charge in [0.25, 0.3) is 0 Å². The second-order valence-electron chi connectivity index (χ2n) is 5.43. The van der Waals surface area contributed by atoms with Crippen LogP contribution in [0.2, 0.25) is 0 Å². The van der Waals surface area contributed by atoms with Crippen LogP contribution in [0.4, 0.5) is 0 Å². The number of aryl methyl sites for hydroxylation is 1. The molecular weight excluding hydrogens is 220 g/mol. The lowest BCUT2D eigenvalue weighted by Gasteiger charge is -2.40. The zero-order valence-corrected chi connectivity index (χ0v) is 11.9. The second kappa shape index (κ2) is 6.35. The maximum absolute atomic E-state index is 3.66. The van der Waals surface area contributed by atoms with Gasteiger partial charge in [0, 0.05) is 31.7 Å². The maximum Gasteiger partial charge on any atom is 0.0240 e. The largest absolute Gasteiger partial charge is 0.311 e. The number of rotatable bonds is 4. The van der Waals surface area contributed by atoms with Crippen molar-refractivity contribution in [3.63, 3.8) is 0 Å². The van der Waals surface area contributed by atoms with Crippen LogP contribution >= 0.6 is 0 Å². The fraction of sp³-hybridized carbons (Fsp3) is 0.625. The van der Waals surface area contributed by atoms with E-state index in [4.69, 9.17) is 0 Å². The molecule has 1 aliphatic rings. The Hall–Kier alpha value is -0.860. The van der Waals surface area contributed by atoms with E-state index in [1.807, 2.05) is 0 Å². The Kier molecular flexibility index (Phi) is 4.79. The molecule has 1 heterocycles. The van der Waals surface area contributed by atoms with E-state index in [-0.39, 0.29) is 0 Å². The molecule has 1 saturated heterocycles. The molecule has 0 aliphatic carbocycles. The minimum Gasteiger partial charge on any atom is -0.311 e. The molecule has 18 heavy (non-hydrogen) atoms. The van der Waals surface area contributed by atoms with Gasteiger partial charge in [0.2, 0.25) is 0 Å². The number of piperazine rings is 1. The topological polar surface area (TPSA) is 15.3 Å². The van der Waals surface area contributed by atoms with E-state index in [0.29, 0.717) is 12.1 Å². The quantitative estimate of drug-likeness (QED) is 0.878. The molecule has 0 radical (unpaired) electrons. The molecule has 100 valence electrons. The van der Waals surface area contributed by atoms with Gasteiger partial charge in [-0.3, -0.25) is 4.90 Å². The third-order valence-electron chi connectivity index (χ3n) is 4.21. The van der Waals surface area contributed by atoms with E-state index >= 15 is 0 Å². The highest BCUT2D eigenvalue weighted by atomic mass is 15.2. The molecule has 0 spiro atoms. The monoisotopic (exact) mass is 246 g/mol. The van der Waals surface area contributed by atoms with Crippen molar-refractivity contribution in [2.24, 2.45) is 0 Å². The molecule has 1 aromatic carbocycles. The van der Waals surface area contributed by atoms with Gasteiger partial charge < -0.3 is 5.32 Å². The molecule has 2 atom stereocenters. The lowest BCUT2D eigenvalue weighted by molar-refractivity contribution is 0.117. The Labute approximate surface area is 111 Å². The average Bonchev–Trinajstić information content (AvgIpc) is 2.41. The summed E-state index contributed by atoms with van der Waals surface area (Å²) in [6.07, 6.45) is 2.45. The Morgan fingerprint density at radius 1 is 1.22 bits per heavy atom. The third kappa shape index (κ3) is 3.12. The lowest BCUT2D eigenvalue weighted by atomic mass is 10.0. The molecule has 1 N–H and O–H groups in total. The Balaban J connectivity index is 2.07. The highest BCUT2D eigenvalue weighted by Gasteiger charge is 2.25.